The Kier molecular flexibility index (Phi) is 2.34. The molecule has 0 saturated carbocycles. The molecule has 1 aliphatic heterocycles. The van der Waals surface area contributed by atoms with Gasteiger partial charge in [0.25, 0.3) is 0 Å². The van der Waals surface area contributed by atoms with Crippen LogP contribution in [0, 0.1) is 5.92 Å². The number of hydrogen-bond acceptors (Lipinski definition) is 2. The SMILES string of the molecule is CC(O)C1CCN(C(N)=O)C1. The van der Waals surface area contributed by atoms with Crippen molar-refractivity contribution < 1.29 is 9.90 Å². The molecule has 1 heterocycles. The predicted octanol–water partition coefficient (Wildman–Crippen LogP) is -0.232. The molecule has 1 saturated heterocycles. The molecule has 0 spiro atoms. The zero-order chi connectivity index (χ0) is 8.43. The molecule has 0 aromatic rings. The van der Waals surface area contributed by atoms with Gasteiger partial charge in [-0.25, -0.2) is 4.79 Å². The maximum Gasteiger partial charge on any atom is 0.314 e. The molecule has 2 amide bonds. The van der Waals surface area contributed by atoms with E-state index in [1.165, 1.54) is 0 Å². The molecule has 64 valence electrons. The highest BCUT2D eigenvalue weighted by Gasteiger charge is 2.27. The summed E-state index contributed by atoms with van der Waals surface area (Å²) in [6.07, 6.45) is 0.528. The lowest BCUT2D eigenvalue weighted by atomic mass is 10.0. The van der Waals surface area contributed by atoms with Gasteiger partial charge in [0.15, 0.2) is 0 Å². The molecule has 0 aromatic heterocycles. The number of aliphatic hydroxyl groups excluding tert-OH is 1. The normalized spacial score (nSPS) is 27.1. The minimum Gasteiger partial charge on any atom is -0.393 e. The standard InChI is InChI=1S/C7H14N2O2/c1-5(10)6-2-3-9(4-6)7(8)11/h5-6,10H,2-4H2,1H3,(H2,8,11). The lowest BCUT2D eigenvalue weighted by Gasteiger charge is -2.14. The fourth-order valence-corrected chi connectivity index (χ4v) is 1.38. The van der Waals surface area contributed by atoms with E-state index in [0.29, 0.717) is 13.1 Å². The number of nitrogens with zero attached hydrogens (tertiary/aromatic N) is 1. The van der Waals surface area contributed by atoms with Crippen LogP contribution in [0.2, 0.25) is 0 Å². The first-order valence-electron chi connectivity index (χ1n) is 3.83. The van der Waals surface area contributed by atoms with Gasteiger partial charge in [-0.05, 0) is 13.3 Å². The summed E-state index contributed by atoms with van der Waals surface area (Å²) in [5.74, 6) is 0.211. The van der Waals surface area contributed by atoms with Crippen LogP contribution in [-0.4, -0.2) is 35.2 Å². The molecular formula is C7H14N2O2. The molecule has 11 heavy (non-hydrogen) atoms. The summed E-state index contributed by atoms with van der Waals surface area (Å²) >= 11 is 0. The number of carbonyl (C=O) groups excluding carboxylic acids is 1. The Morgan fingerprint density at radius 3 is 2.73 bits per heavy atom. The molecule has 2 unspecified atom stereocenters. The number of hydrogen-bond donors (Lipinski definition) is 2. The maximum absolute atomic E-state index is 10.6. The number of primary amides is 1. The Hall–Kier alpha value is -0.770. The van der Waals surface area contributed by atoms with E-state index in [1.807, 2.05) is 0 Å². The van der Waals surface area contributed by atoms with Crippen LogP contribution in [0.25, 0.3) is 0 Å². The van der Waals surface area contributed by atoms with E-state index in [1.54, 1.807) is 11.8 Å². The molecule has 0 aromatic carbocycles. The lowest BCUT2D eigenvalue weighted by molar-refractivity contribution is 0.130. The second kappa shape index (κ2) is 3.09. The lowest BCUT2D eigenvalue weighted by Crippen LogP contribution is -2.34. The van der Waals surface area contributed by atoms with E-state index < -0.39 is 0 Å². The Morgan fingerprint density at radius 2 is 2.45 bits per heavy atom. The van der Waals surface area contributed by atoms with E-state index in [4.69, 9.17) is 5.73 Å². The van der Waals surface area contributed by atoms with Gasteiger partial charge >= 0.3 is 6.03 Å². The van der Waals surface area contributed by atoms with Crippen molar-refractivity contribution in [3.63, 3.8) is 0 Å². The van der Waals surface area contributed by atoms with Crippen LogP contribution in [0.4, 0.5) is 4.79 Å². The minimum atomic E-state index is -0.381. The number of nitrogens with two attached hydrogens (primary N) is 1. The molecule has 0 radical (unpaired) electrons. The van der Waals surface area contributed by atoms with Gasteiger partial charge < -0.3 is 15.7 Å². The number of amides is 2. The summed E-state index contributed by atoms with van der Waals surface area (Å²) in [4.78, 5) is 12.2. The number of aliphatic hydroxyl groups is 1. The van der Waals surface area contributed by atoms with E-state index in [9.17, 15) is 9.90 Å². The second-order valence-electron chi connectivity index (χ2n) is 3.07. The summed E-state index contributed by atoms with van der Waals surface area (Å²) in [7, 11) is 0. The summed E-state index contributed by atoms with van der Waals surface area (Å²) in [5.41, 5.74) is 5.07. The topological polar surface area (TPSA) is 66.6 Å². The van der Waals surface area contributed by atoms with Gasteiger partial charge in [-0.15, -0.1) is 0 Å². The molecule has 0 bridgehead atoms. The fraction of sp³-hybridized carbons (Fsp3) is 0.857. The number of rotatable bonds is 1. The highest BCUT2D eigenvalue weighted by Crippen LogP contribution is 2.18. The van der Waals surface area contributed by atoms with Crippen LogP contribution >= 0.6 is 0 Å². The molecule has 2 atom stereocenters. The average Bonchev–Trinajstić information content (AvgIpc) is 2.33. The number of carbonyl (C=O) groups is 1. The van der Waals surface area contributed by atoms with Crippen LogP contribution in [0.5, 0.6) is 0 Å². The maximum atomic E-state index is 10.6. The van der Waals surface area contributed by atoms with Crippen molar-refractivity contribution in [1.82, 2.24) is 4.90 Å². The molecule has 1 fully saturated rings. The Morgan fingerprint density at radius 1 is 1.82 bits per heavy atom. The number of urea groups is 1. The quantitative estimate of drug-likeness (QED) is 0.553. The summed E-state index contributed by atoms with van der Waals surface area (Å²) in [6, 6.07) is -0.381. The van der Waals surface area contributed by atoms with Gasteiger partial charge in [0, 0.05) is 19.0 Å². The van der Waals surface area contributed by atoms with Crippen LogP contribution in [0.15, 0.2) is 0 Å². The zero-order valence-corrected chi connectivity index (χ0v) is 6.66. The fourth-order valence-electron chi connectivity index (χ4n) is 1.38. The summed E-state index contributed by atoms with van der Waals surface area (Å²) < 4.78 is 0. The molecule has 1 aliphatic rings. The van der Waals surface area contributed by atoms with Crippen LogP contribution in [0.3, 0.4) is 0 Å². The van der Waals surface area contributed by atoms with Crippen molar-refractivity contribution in [2.24, 2.45) is 11.7 Å². The number of likely N-dealkylation sites (tertiary alicyclic amines) is 1. The van der Waals surface area contributed by atoms with Crippen LogP contribution in [-0.2, 0) is 0 Å². The first-order chi connectivity index (χ1) is 5.11. The largest absolute Gasteiger partial charge is 0.393 e. The van der Waals surface area contributed by atoms with Crippen LogP contribution in [0.1, 0.15) is 13.3 Å². The van der Waals surface area contributed by atoms with E-state index in [-0.39, 0.29) is 18.1 Å². The van der Waals surface area contributed by atoms with Crippen molar-refractivity contribution in [2.75, 3.05) is 13.1 Å². The van der Waals surface area contributed by atoms with Crippen molar-refractivity contribution in [3.05, 3.63) is 0 Å². The monoisotopic (exact) mass is 158 g/mol. The van der Waals surface area contributed by atoms with Crippen LogP contribution < -0.4 is 5.73 Å². The molecule has 3 N–H and O–H groups in total. The van der Waals surface area contributed by atoms with Crippen molar-refractivity contribution in [3.8, 4) is 0 Å². The predicted molar refractivity (Wildman–Crippen MR) is 40.9 cm³/mol. The Bertz CT molecular complexity index is 159. The van der Waals surface area contributed by atoms with Gasteiger partial charge in [-0.2, -0.15) is 0 Å². The van der Waals surface area contributed by atoms with Crippen molar-refractivity contribution >= 4 is 6.03 Å². The molecule has 1 rings (SSSR count). The van der Waals surface area contributed by atoms with Gasteiger partial charge in [0.05, 0.1) is 6.10 Å². The third-order valence-corrected chi connectivity index (χ3v) is 2.22. The van der Waals surface area contributed by atoms with E-state index in [2.05, 4.69) is 0 Å². The second-order valence-corrected chi connectivity index (χ2v) is 3.07. The third-order valence-electron chi connectivity index (χ3n) is 2.22. The van der Waals surface area contributed by atoms with Gasteiger partial charge in [-0.3, -0.25) is 0 Å². The van der Waals surface area contributed by atoms with Gasteiger partial charge in [-0.1, -0.05) is 0 Å². The average molecular weight is 158 g/mol. The molecule has 0 aliphatic carbocycles. The molecule has 4 heteroatoms. The van der Waals surface area contributed by atoms with E-state index in [0.717, 1.165) is 6.42 Å². The zero-order valence-electron chi connectivity index (χ0n) is 6.66. The Balaban J connectivity index is 2.41. The minimum absolute atomic E-state index is 0.211. The van der Waals surface area contributed by atoms with Gasteiger partial charge in [0.1, 0.15) is 0 Å². The molecular weight excluding hydrogens is 144 g/mol. The summed E-state index contributed by atoms with van der Waals surface area (Å²) in [6.45, 7) is 3.03. The third kappa shape index (κ3) is 1.83. The van der Waals surface area contributed by atoms with Crippen molar-refractivity contribution in [1.29, 1.82) is 0 Å². The highest BCUT2D eigenvalue weighted by atomic mass is 16.3. The first kappa shape index (κ1) is 8.33. The first-order valence-corrected chi connectivity index (χ1v) is 3.83. The smallest absolute Gasteiger partial charge is 0.314 e. The molecule has 4 nitrogen and oxygen atoms in total. The van der Waals surface area contributed by atoms with E-state index >= 15 is 0 Å². The van der Waals surface area contributed by atoms with Crippen molar-refractivity contribution in [2.45, 2.75) is 19.4 Å². The summed E-state index contributed by atoms with van der Waals surface area (Å²) in [5, 5.41) is 9.17. The highest BCUT2D eigenvalue weighted by molar-refractivity contribution is 5.72. The Labute approximate surface area is 66.0 Å². The van der Waals surface area contributed by atoms with Gasteiger partial charge in [0.2, 0.25) is 0 Å².